The number of aliphatic hydroxyl groups excluding tert-OH is 4. The lowest BCUT2D eigenvalue weighted by atomic mass is 9.43. The van der Waals surface area contributed by atoms with Crippen molar-refractivity contribution in [3.05, 3.63) is 11.6 Å². The van der Waals surface area contributed by atoms with E-state index in [2.05, 4.69) is 13.8 Å². The maximum absolute atomic E-state index is 12.5. The molecule has 11 nitrogen and oxygen atoms in total. The van der Waals surface area contributed by atoms with Crippen molar-refractivity contribution < 1.29 is 54.0 Å². The maximum Gasteiger partial charge on any atom is 0.331 e. The van der Waals surface area contributed by atoms with Gasteiger partial charge < -0.3 is 49.2 Å². The van der Waals surface area contributed by atoms with Crippen molar-refractivity contribution in [3.8, 4) is 0 Å². The molecule has 4 saturated carbocycles. The van der Waals surface area contributed by atoms with Crippen LogP contribution in [0.4, 0.5) is 0 Å². The van der Waals surface area contributed by atoms with Gasteiger partial charge in [0.2, 0.25) is 0 Å². The Morgan fingerprint density at radius 3 is 2.24 bits per heavy atom. The highest BCUT2D eigenvalue weighted by molar-refractivity contribution is 5.85. The highest BCUT2D eigenvalue weighted by Gasteiger charge is 2.70. The number of fused-ring (bicyclic) bond motifs is 5. The summed E-state index contributed by atoms with van der Waals surface area (Å²) in [5, 5.41) is 54.9. The zero-order chi connectivity index (χ0) is 32.8. The van der Waals surface area contributed by atoms with Crippen LogP contribution < -0.4 is 0 Å². The van der Waals surface area contributed by atoms with E-state index in [-0.39, 0.29) is 48.8 Å². The van der Waals surface area contributed by atoms with Crippen LogP contribution in [-0.4, -0.2) is 105 Å². The summed E-state index contributed by atoms with van der Waals surface area (Å²) in [6.07, 6.45) is 2.33. The number of aliphatic hydroxyl groups is 5. The molecule has 5 N–H and O–H groups in total. The number of hydrogen-bond acceptors (Lipinski definition) is 11. The molecule has 46 heavy (non-hydrogen) atoms. The molecule has 0 bridgehead atoms. The van der Waals surface area contributed by atoms with Crippen LogP contribution in [0.1, 0.15) is 91.9 Å². The van der Waals surface area contributed by atoms with Crippen LogP contribution >= 0.6 is 0 Å². The Morgan fingerprint density at radius 2 is 1.54 bits per heavy atom. The minimum atomic E-state index is -0.993. The van der Waals surface area contributed by atoms with Gasteiger partial charge in [-0.05, 0) is 87.5 Å². The summed E-state index contributed by atoms with van der Waals surface area (Å²) >= 11 is 0. The van der Waals surface area contributed by atoms with Gasteiger partial charge >= 0.3 is 5.97 Å². The van der Waals surface area contributed by atoms with Gasteiger partial charge in [-0.2, -0.15) is 0 Å². The van der Waals surface area contributed by atoms with Crippen molar-refractivity contribution in [3.63, 3.8) is 0 Å². The fourth-order valence-electron chi connectivity index (χ4n) is 11.4. The van der Waals surface area contributed by atoms with Gasteiger partial charge in [-0.25, -0.2) is 4.79 Å². The number of hydrogen-bond donors (Lipinski definition) is 5. The third-order valence-corrected chi connectivity index (χ3v) is 13.9. The number of esters is 1. The molecule has 4 aliphatic carbocycles. The van der Waals surface area contributed by atoms with Crippen LogP contribution in [-0.2, 0) is 28.5 Å². The molecule has 6 fully saturated rings. The van der Waals surface area contributed by atoms with E-state index < -0.39 is 66.3 Å². The molecular weight excluding hydrogens is 596 g/mol. The van der Waals surface area contributed by atoms with Gasteiger partial charge in [0.15, 0.2) is 12.6 Å². The Bertz CT molecular complexity index is 1170. The van der Waals surface area contributed by atoms with E-state index in [1.165, 1.54) is 6.08 Å². The Hall–Kier alpha value is -1.15. The lowest BCUT2D eigenvalue weighted by molar-refractivity contribution is -0.318. The first kappa shape index (κ1) is 33.4. The fraction of sp³-hybridized carbons (Fsp3) is 0.914. The maximum atomic E-state index is 12.5. The summed E-state index contributed by atoms with van der Waals surface area (Å²) in [4.78, 5) is 11.9. The van der Waals surface area contributed by atoms with E-state index in [0.717, 1.165) is 50.5 Å². The normalized spacial score (nSPS) is 55.6. The number of rotatable bonds is 5. The third kappa shape index (κ3) is 5.31. The Labute approximate surface area is 271 Å². The average Bonchev–Trinajstić information content (AvgIpc) is 3.49. The van der Waals surface area contributed by atoms with E-state index in [1.807, 2.05) is 6.92 Å². The molecular formula is C35H54O11. The molecule has 3 heterocycles. The predicted octanol–water partition coefficient (Wildman–Crippen LogP) is 2.34. The van der Waals surface area contributed by atoms with E-state index >= 15 is 0 Å². The summed E-state index contributed by atoms with van der Waals surface area (Å²) in [6.45, 7) is 8.27. The van der Waals surface area contributed by atoms with Crippen molar-refractivity contribution in [2.75, 3.05) is 6.61 Å². The molecule has 0 aromatic carbocycles. The Morgan fingerprint density at radius 1 is 0.826 bits per heavy atom. The van der Waals surface area contributed by atoms with E-state index in [0.29, 0.717) is 18.3 Å². The minimum absolute atomic E-state index is 0.0112. The van der Waals surface area contributed by atoms with Crippen molar-refractivity contribution in [2.24, 2.45) is 34.5 Å². The second-order valence-corrected chi connectivity index (χ2v) is 16.2. The molecule has 3 aliphatic heterocycles. The summed E-state index contributed by atoms with van der Waals surface area (Å²) < 4.78 is 29.7. The van der Waals surface area contributed by atoms with Crippen LogP contribution in [0.25, 0.3) is 0 Å². The molecule has 0 aromatic rings. The highest BCUT2D eigenvalue weighted by Crippen LogP contribution is 2.70. The summed E-state index contributed by atoms with van der Waals surface area (Å²) in [5.41, 5.74) is -0.614. The zero-order valence-corrected chi connectivity index (χ0v) is 27.6. The largest absolute Gasteiger partial charge is 0.458 e. The molecule has 0 radical (unpaired) electrons. The molecule has 0 spiro atoms. The zero-order valence-electron chi connectivity index (χ0n) is 27.6. The van der Waals surface area contributed by atoms with Crippen LogP contribution in [0.3, 0.4) is 0 Å². The van der Waals surface area contributed by atoms with Gasteiger partial charge in [0.25, 0.3) is 0 Å². The average molecular weight is 651 g/mol. The molecule has 1 unspecified atom stereocenters. The Kier molecular flexibility index (Phi) is 8.71. The van der Waals surface area contributed by atoms with Crippen molar-refractivity contribution >= 4 is 5.97 Å². The van der Waals surface area contributed by atoms with E-state index in [1.54, 1.807) is 6.92 Å². The van der Waals surface area contributed by atoms with Gasteiger partial charge in [-0.1, -0.05) is 13.8 Å². The third-order valence-electron chi connectivity index (χ3n) is 13.9. The highest BCUT2D eigenvalue weighted by atomic mass is 16.7. The first-order valence-corrected chi connectivity index (χ1v) is 17.7. The van der Waals surface area contributed by atoms with Gasteiger partial charge in [-0.15, -0.1) is 0 Å². The van der Waals surface area contributed by atoms with E-state index in [4.69, 9.17) is 23.7 Å². The monoisotopic (exact) mass is 650 g/mol. The molecule has 11 heteroatoms. The van der Waals surface area contributed by atoms with Gasteiger partial charge in [0, 0.05) is 36.7 Å². The van der Waals surface area contributed by atoms with Crippen LogP contribution in [0.5, 0.6) is 0 Å². The number of ether oxygens (including phenoxy) is 5. The van der Waals surface area contributed by atoms with Crippen LogP contribution in [0.15, 0.2) is 11.6 Å². The smallest absolute Gasteiger partial charge is 0.331 e. The van der Waals surface area contributed by atoms with Crippen LogP contribution in [0.2, 0.25) is 0 Å². The SMILES string of the molecule is C[C@H]1O[C@@H](O[C@H]2[C@@H](O)C[C@H](O[C@H]3CC[C@@]4(C)[C@H](CC[C@@H]5[C@@H]4CC[C@]4(C)[C@@H](C6=CC(=O)OC6)C(O)C[C@]54O)C3)O[C@@H]2C)C[C@H](O)[C@@H]1O. The summed E-state index contributed by atoms with van der Waals surface area (Å²) in [6, 6.07) is 0. The number of carbonyl (C=O) groups is 1. The standard InChI is InChI=1S/C35H54O11/c1-17-31(40)24(36)13-29(43-17)46-32-18(2)44-28(14-25(32)37)45-21-7-9-33(3)20(12-21)5-6-23-22(33)8-10-34(4)30(19-11-27(39)42-16-19)26(38)15-35(23,34)41/h11,17-18,20-26,28-32,36-38,40-41H,5-10,12-16H2,1-4H3/t17-,18-,20-,21+,22+,23-,24+,25+,26?,28+,29+,30+,31-,32-,33+,34-,35+/m1/s1. The molecule has 7 aliphatic rings. The molecule has 0 amide bonds. The number of carbonyl (C=O) groups excluding carboxylic acids is 1. The van der Waals surface area contributed by atoms with Gasteiger partial charge in [-0.3, -0.25) is 0 Å². The summed E-state index contributed by atoms with van der Waals surface area (Å²) in [7, 11) is 0. The van der Waals surface area contributed by atoms with Gasteiger partial charge in [0.1, 0.15) is 18.8 Å². The lowest BCUT2D eigenvalue weighted by Gasteiger charge is -2.63. The van der Waals surface area contributed by atoms with Crippen molar-refractivity contribution in [1.29, 1.82) is 0 Å². The first-order chi connectivity index (χ1) is 21.7. The predicted molar refractivity (Wildman–Crippen MR) is 163 cm³/mol. The van der Waals surface area contributed by atoms with Gasteiger partial charge in [0.05, 0.1) is 42.2 Å². The summed E-state index contributed by atoms with van der Waals surface area (Å²) in [5.74, 6) is 0.264. The minimum Gasteiger partial charge on any atom is -0.458 e. The van der Waals surface area contributed by atoms with Crippen LogP contribution in [0, 0.1) is 34.5 Å². The first-order valence-electron chi connectivity index (χ1n) is 17.7. The molecule has 2 saturated heterocycles. The molecule has 260 valence electrons. The van der Waals surface area contributed by atoms with Crippen molar-refractivity contribution in [1.82, 2.24) is 0 Å². The number of cyclic esters (lactones) is 1. The second kappa shape index (κ2) is 12.0. The quantitative estimate of drug-likeness (QED) is 0.219. The second-order valence-electron chi connectivity index (χ2n) is 16.2. The fourth-order valence-corrected chi connectivity index (χ4v) is 11.4. The molecule has 17 atom stereocenters. The van der Waals surface area contributed by atoms with E-state index in [9.17, 15) is 30.3 Å². The van der Waals surface area contributed by atoms with Crippen molar-refractivity contribution in [2.45, 2.75) is 159 Å². The Balaban J connectivity index is 0.970. The lowest BCUT2D eigenvalue weighted by Crippen LogP contribution is -2.62. The molecule has 0 aromatic heterocycles. The molecule has 7 rings (SSSR count). The topological polar surface area (TPSA) is 164 Å².